The van der Waals surface area contributed by atoms with E-state index in [1.165, 1.54) is 6.92 Å². The van der Waals surface area contributed by atoms with Crippen LogP contribution < -0.4 is 5.73 Å². The van der Waals surface area contributed by atoms with E-state index in [4.69, 9.17) is 10.5 Å². The Labute approximate surface area is 192 Å². The molecule has 4 heterocycles. The molecular weight excluding hydrogens is 461 g/mol. The molecule has 2 aliphatic rings. The number of nitrogens with zero attached hydrogens (tertiary/aromatic N) is 3. The van der Waals surface area contributed by atoms with Crippen molar-refractivity contribution in [3.8, 4) is 10.6 Å². The van der Waals surface area contributed by atoms with Crippen LogP contribution in [0.4, 0.5) is 13.2 Å². The van der Waals surface area contributed by atoms with Crippen LogP contribution in [0.5, 0.6) is 0 Å². The van der Waals surface area contributed by atoms with Gasteiger partial charge in [-0.05, 0) is 31.9 Å². The van der Waals surface area contributed by atoms with Crippen LogP contribution in [0.1, 0.15) is 33.8 Å². The van der Waals surface area contributed by atoms with E-state index in [2.05, 4.69) is 9.68 Å². The van der Waals surface area contributed by atoms with E-state index in [0.717, 1.165) is 24.2 Å². The normalized spacial score (nSPS) is 21.2. The molecule has 12 heteroatoms. The third-order valence-electron chi connectivity index (χ3n) is 6.15. The van der Waals surface area contributed by atoms with Crippen LogP contribution in [-0.2, 0) is 15.7 Å². The van der Waals surface area contributed by atoms with E-state index < -0.39 is 23.9 Å². The van der Waals surface area contributed by atoms with Gasteiger partial charge in [0.15, 0.2) is 0 Å². The molecule has 180 valence electrons. The van der Waals surface area contributed by atoms with Gasteiger partial charge in [-0.25, -0.2) is 0 Å². The molecule has 0 aromatic carbocycles. The number of halogens is 3. The van der Waals surface area contributed by atoms with Gasteiger partial charge >= 0.3 is 6.18 Å². The lowest BCUT2D eigenvalue weighted by Crippen LogP contribution is -2.57. The maximum absolute atomic E-state index is 13.2. The molecule has 0 radical (unpaired) electrons. The molecule has 2 aromatic rings. The van der Waals surface area contributed by atoms with Crippen molar-refractivity contribution in [3.63, 3.8) is 0 Å². The number of aromatic nitrogens is 1. The highest BCUT2D eigenvalue weighted by Gasteiger charge is 2.40. The van der Waals surface area contributed by atoms with E-state index >= 15 is 0 Å². The first kappa shape index (κ1) is 23.7. The SMILES string of the molecule is Cc1c(-c2ccc(C(=O)N3CCC[C@H](C(C(N)=O)N4CCOCC4)C3)s2)noc1C(F)(F)F. The Morgan fingerprint density at radius 1 is 1.24 bits per heavy atom. The molecule has 0 spiro atoms. The van der Waals surface area contributed by atoms with Crippen molar-refractivity contribution >= 4 is 23.2 Å². The van der Waals surface area contributed by atoms with Crippen molar-refractivity contribution in [2.75, 3.05) is 39.4 Å². The number of ether oxygens (including phenoxy) is 1. The number of morpholine rings is 1. The maximum Gasteiger partial charge on any atom is 0.452 e. The summed E-state index contributed by atoms with van der Waals surface area (Å²) in [6.45, 7) is 4.52. The van der Waals surface area contributed by atoms with Crippen LogP contribution >= 0.6 is 11.3 Å². The second kappa shape index (κ2) is 9.43. The van der Waals surface area contributed by atoms with Gasteiger partial charge in [-0.3, -0.25) is 14.5 Å². The van der Waals surface area contributed by atoms with Crippen LogP contribution in [-0.4, -0.2) is 72.2 Å². The minimum absolute atomic E-state index is 0.0732. The summed E-state index contributed by atoms with van der Waals surface area (Å²) in [5, 5.41) is 3.57. The summed E-state index contributed by atoms with van der Waals surface area (Å²) in [6.07, 6.45) is -3.12. The fraction of sp³-hybridized carbons (Fsp3) is 0.571. The molecule has 2 aromatic heterocycles. The number of nitrogens with two attached hydrogens (primary N) is 1. The number of carbonyl (C=O) groups excluding carboxylic acids is 2. The van der Waals surface area contributed by atoms with Gasteiger partial charge in [-0.15, -0.1) is 11.3 Å². The summed E-state index contributed by atoms with van der Waals surface area (Å²) in [7, 11) is 0. The predicted octanol–water partition coefficient (Wildman–Crippen LogP) is 2.77. The highest BCUT2D eigenvalue weighted by Crippen LogP contribution is 2.38. The number of alkyl halides is 3. The summed E-state index contributed by atoms with van der Waals surface area (Å²) in [5.74, 6) is -1.86. The van der Waals surface area contributed by atoms with Crippen LogP contribution in [0.2, 0.25) is 0 Å². The van der Waals surface area contributed by atoms with Crippen LogP contribution in [0.3, 0.4) is 0 Å². The highest BCUT2D eigenvalue weighted by molar-refractivity contribution is 7.17. The third kappa shape index (κ3) is 4.92. The minimum Gasteiger partial charge on any atom is -0.379 e. The zero-order valence-electron chi connectivity index (χ0n) is 18.1. The number of piperidine rings is 1. The quantitative estimate of drug-likeness (QED) is 0.698. The molecule has 2 aliphatic heterocycles. The number of likely N-dealkylation sites (tertiary alicyclic amines) is 1. The van der Waals surface area contributed by atoms with Crippen molar-refractivity contribution in [3.05, 3.63) is 28.3 Å². The Balaban J connectivity index is 1.49. The zero-order chi connectivity index (χ0) is 23.8. The van der Waals surface area contributed by atoms with Crippen molar-refractivity contribution in [1.29, 1.82) is 0 Å². The number of primary amides is 1. The Morgan fingerprint density at radius 3 is 2.61 bits per heavy atom. The first-order chi connectivity index (χ1) is 15.7. The summed E-state index contributed by atoms with van der Waals surface area (Å²) >= 11 is 1.07. The van der Waals surface area contributed by atoms with Crippen molar-refractivity contribution in [2.45, 2.75) is 32.0 Å². The molecule has 0 aliphatic carbocycles. The van der Waals surface area contributed by atoms with Gasteiger partial charge in [-0.1, -0.05) is 5.16 Å². The number of hydrogen-bond donors (Lipinski definition) is 1. The van der Waals surface area contributed by atoms with Crippen molar-refractivity contribution in [1.82, 2.24) is 15.0 Å². The van der Waals surface area contributed by atoms with Crippen molar-refractivity contribution < 1.29 is 32.0 Å². The van der Waals surface area contributed by atoms with Gasteiger partial charge in [0.2, 0.25) is 11.7 Å². The average Bonchev–Trinajstić information content (AvgIpc) is 3.40. The Morgan fingerprint density at radius 2 is 1.97 bits per heavy atom. The molecule has 33 heavy (non-hydrogen) atoms. The number of hydrogen-bond acceptors (Lipinski definition) is 7. The van der Waals surface area contributed by atoms with Gasteiger partial charge in [0.1, 0.15) is 5.69 Å². The zero-order valence-corrected chi connectivity index (χ0v) is 18.9. The van der Waals surface area contributed by atoms with Crippen LogP contribution in [0.25, 0.3) is 10.6 Å². The Kier molecular flexibility index (Phi) is 6.78. The second-order valence-corrected chi connectivity index (χ2v) is 9.38. The Hall–Kier alpha value is -2.44. The molecule has 2 atom stereocenters. The standard InChI is InChI=1S/C21H25F3N4O4S/c1-12-16(26-32-18(12)21(22,23)24)14-4-5-15(33-14)20(30)28-6-2-3-13(11-28)17(19(25)29)27-7-9-31-10-8-27/h4-5,13,17H,2-3,6-11H2,1H3,(H2,25,29)/t13-,17?/m0/s1. The topological polar surface area (TPSA) is 102 Å². The van der Waals surface area contributed by atoms with Crippen LogP contribution in [0, 0.1) is 12.8 Å². The van der Waals surface area contributed by atoms with Gasteiger partial charge in [0.25, 0.3) is 5.91 Å². The summed E-state index contributed by atoms with van der Waals surface area (Å²) in [6, 6.07) is 2.69. The summed E-state index contributed by atoms with van der Waals surface area (Å²) < 4.78 is 48.9. The predicted molar refractivity (Wildman–Crippen MR) is 114 cm³/mol. The Bertz CT molecular complexity index is 1020. The first-order valence-electron chi connectivity index (χ1n) is 10.7. The highest BCUT2D eigenvalue weighted by atomic mass is 32.1. The molecular formula is C21H25F3N4O4S. The fourth-order valence-corrected chi connectivity index (χ4v) is 5.60. The fourth-order valence-electron chi connectivity index (χ4n) is 4.58. The lowest BCUT2D eigenvalue weighted by atomic mass is 9.88. The molecule has 0 saturated carbocycles. The number of rotatable bonds is 5. The molecule has 0 bridgehead atoms. The molecule has 8 nitrogen and oxygen atoms in total. The number of carbonyl (C=O) groups is 2. The largest absolute Gasteiger partial charge is 0.452 e. The second-order valence-electron chi connectivity index (χ2n) is 8.30. The summed E-state index contributed by atoms with van der Waals surface area (Å²) in [5.41, 5.74) is 5.69. The molecule has 2 saturated heterocycles. The van der Waals surface area contributed by atoms with E-state index in [-0.39, 0.29) is 23.1 Å². The van der Waals surface area contributed by atoms with Gasteiger partial charge in [0, 0.05) is 37.7 Å². The lowest BCUT2D eigenvalue weighted by Gasteiger charge is -2.41. The van der Waals surface area contributed by atoms with E-state index in [0.29, 0.717) is 49.1 Å². The number of amides is 2. The molecule has 2 N–H and O–H groups in total. The van der Waals surface area contributed by atoms with E-state index in [9.17, 15) is 22.8 Å². The molecule has 1 unspecified atom stereocenters. The van der Waals surface area contributed by atoms with Gasteiger partial charge < -0.3 is 19.9 Å². The average molecular weight is 487 g/mol. The van der Waals surface area contributed by atoms with Gasteiger partial charge in [-0.2, -0.15) is 13.2 Å². The molecule has 2 amide bonds. The maximum atomic E-state index is 13.2. The van der Waals surface area contributed by atoms with Crippen LogP contribution in [0.15, 0.2) is 16.7 Å². The lowest BCUT2D eigenvalue weighted by molar-refractivity contribution is -0.156. The first-order valence-corrected chi connectivity index (χ1v) is 11.5. The van der Waals surface area contributed by atoms with Crippen molar-refractivity contribution in [2.24, 2.45) is 11.7 Å². The molecule has 2 fully saturated rings. The van der Waals surface area contributed by atoms with E-state index in [1.807, 2.05) is 4.90 Å². The van der Waals surface area contributed by atoms with E-state index in [1.54, 1.807) is 17.0 Å². The minimum atomic E-state index is -4.63. The van der Waals surface area contributed by atoms with Gasteiger partial charge in [0.05, 0.1) is 29.0 Å². The summed E-state index contributed by atoms with van der Waals surface area (Å²) in [4.78, 5) is 30.0. The number of thiophene rings is 1. The smallest absolute Gasteiger partial charge is 0.379 e. The molecule has 4 rings (SSSR count). The third-order valence-corrected chi connectivity index (χ3v) is 7.23. The monoisotopic (exact) mass is 486 g/mol.